The second kappa shape index (κ2) is 6.65. The van der Waals surface area contributed by atoms with Crippen molar-refractivity contribution in [2.24, 2.45) is 0 Å². The fourth-order valence-corrected chi connectivity index (χ4v) is 2.13. The van der Waals surface area contributed by atoms with E-state index >= 15 is 0 Å². The average molecular weight is 327 g/mol. The molecule has 0 spiro atoms. The van der Waals surface area contributed by atoms with Crippen molar-refractivity contribution in [3.8, 4) is 5.75 Å². The number of nitro groups is 1. The minimum absolute atomic E-state index is 0.00390. The second-order valence-corrected chi connectivity index (χ2v) is 4.98. The molecule has 7 heteroatoms. The number of hydrogen-bond acceptors (Lipinski definition) is 4. The lowest BCUT2D eigenvalue weighted by atomic mass is 10.2. The molecule has 110 valence electrons. The lowest BCUT2D eigenvalue weighted by Gasteiger charge is -2.10. The smallest absolute Gasteiger partial charge is 0.292 e. The summed E-state index contributed by atoms with van der Waals surface area (Å²) in [6, 6.07) is 9.90. The summed E-state index contributed by atoms with van der Waals surface area (Å²) >= 11 is 11.9. The van der Waals surface area contributed by atoms with E-state index in [1.54, 1.807) is 37.4 Å². The van der Waals surface area contributed by atoms with Gasteiger partial charge < -0.3 is 10.1 Å². The Morgan fingerprint density at radius 2 is 2.05 bits per heavy atom. The number of rotatable bonds is 5. The molecule has 0 amide bonds. The van der Waals surface area contributed by atoms with Gasteiger partial charge in [0, 0.05) is 13.1 Å². The Morgan fingerprint density at radius 3 is 2.71 bits per heavy atom. The minimum Gasteiger partial charge on any atom is -0.487 e. The van der Waals surface area contributed by atoms with Crippen LogP contribution in [0.4, 0.5) is 11.4 Å². The van der Waals surface area contributed by atoms with E-state index in [9.17, 15) is 10.1 Å². The standard InChI is InChI=1S/C14H12Cl2N2O3/c1-17-11-6-5-9(7-12(11)18(19)20)8-21-13-4-2-3-10(15)14(13)16/h2-7,17H,8H2,1H3. The molecule has 0 heterocycles. The summed E-state index contributed by atoms with van der Waals surface area (Å²) < 4.78 is 5.55. The van der Waals surface area contributed by atoms with Crippen molar-refractivity contribution in [2.45, 2.75) is 6.61 Å². The molecule has 5 nitrogen and oxygen atoms in total. The zero-order valence-electron chi connectivity index (χ0n) is 11.1. The van der Waals surface area contributed by atoms with Crippen molar-refractivity contribution in [3.63, 3.8) is 0 Å². The lowest BCUT2D eigenvalue weighted by Crippen LogP contribution is -2.00. The van der Waals surface area contributed by atoms with Crippen molar-refractivity contribution >= 4 is 34.6 Å². The number of benzene rings is 2. The van der Waals surface area contributed by atoms with Gasteiger partial charge in [-0.05, 0) is 23.8 Å². The van der Waals surface area contributed by atoms with Crippen LogP contribution in [0.25, 0.3) is 0 Å². The number of halogens is 2. The molecule has 0 aliphatic rings. The molecule has 0 bridgehead atoms. The van der Waals surface area contributed by atoms with Crippen LogP contribution in [0.5, 0.6) is 5.75 Å². The summed E-state index contributed by atoms with van der Waals surface area (Å²) in [5, 5.41) is 14.5. The van der Waals surface area contributed by atoms with E-state index in [0.29, 0.717) is 27.0 Å². The predicted molar refractivity (Wildman–Crippen MR) is 83.4 cm³/mol. The van der Waals surface area contributed by atoms with Crippen molar-refractivity contribution in [3.05, 3.63) is 62.1 Å². The van der Waals surface area contributed by atoms with Gasteiger partial charge in [-0.25, -0.2) is 0 Å². The highest BCUT2D eigenvalue weighted by Gasteiger charge is 2.14. The summed E-state index contributed by atoms with van der Waals surface area (Å²) in [6.45, 7) is 0.158. The number of nitrogens with zero attached hydrogens (tertiary/aromatic N) is 1. The van der Waals surface area contributed by atoms with Crippen LogP contribution in [0.1, 0.15) is 5.56 Å². The number of ether oxygens (including phenoxy) is 1. The van der Waals surface area contributed by atoms with Gasteiger partial charge in [-0.1, -0.05) is 35.3 Å². The van der Waals surface area contributed by atoms with Crippen LogP contribution in [0.2, 0.25) is 10.0 Å². The summed E-state index contributed by atoms with van der Waals surface area (Å²) in [5.41, 5.74) is 1.11. The first kappa shape index (κ1) is 15.4. The summed E-state index contributed by atoms with van der Waals surface area (Å²) in [5.74, 6) is 0.435. The third kappa shape index (κ3) is 3.56. The Balaban J connectivity index is 2.19. The SMILES string of the molecule is CNc1ccc(COc2cccc(Cl)c2Cl)cc1[N+](=O)[O-]. The summed E-state index contributed by atoms with van der Waals surface area (Å²) in [6.07, 6.45) is 0. The van der Waals surface area contributed by atoms with Gasteiger partial charge in [0.05, 0.1) is 9.95 Å². The van der Waals surface area contributed by atoms with Gasteiger partial charge in [-0.15, -0.1) is 0 Å². The van der Waals surface area contributed by atoms with Crippen LogP contribution in [-0.4, -0.2) is 12.0 Å². The lowest BCUT2D eigenvalue weighted by molar-refractivity contribution is -0.384. The molecule has 1 N–H and O–H groups in total. The van der Waals surface area contributed by atoms with Crippen LogP contribution in [0, 0.1) is 10.1 Å². The summed E-state index contributed by atoms with van der Waals surface area (Å²) in [4.78, 5) is 10.5. The van der Waals surface area contributed by atoms with Crippen LogP contribution in [0.15, 0.2) is 36.4 Å². The number of anilines is 1. The first-order chi connectivity index (χ1) is 10.0. The van der Waals surface area contributed by atoms with E-state index in [2.05, 4.69) is 5.32 Å². The molecule has 0 aromatic heterocycles. The molecular formula is C14H12Cl2N2O3. The molecule has 0 saturated carbocycles. The van der Waals surface area contributed by atoms with Crippen molar-refractivity contribution in [1.29, 1.82) is 0 Å². The second-order valence-electron chi connectivity index (χ2n) is 4.20. The highest BCUT2D eigenvalue weighted by atomic mass is 35.5. The monoisotopic (exact) mass is 326 g/mol. The molecule has 0 fully saturated rings. The maximum Gasteiger partial charge on any atom is 0.292 e. The molecule has 2 aromatic carbocycles. The van der Waals surface area contributed by atoms with Crippen molar-refractivity contribution in [1.82, 2.24) is 0 Å². The quantitative estimate of drug-likeness (QED) is 0.648. The van der Waals surface area contributed by atoms with E-state index in [4.69, 9.17) is 27.9 Å². The molecule has 0 aliphatic heterocycles. The van der Waals surface area contributed by atoms with Crippen LogP contribution >= 0.6 is 23.2 Å². The fourth-order valence-electron chi connectivity index (χ4n) is 1.79. The Bertz CT molecular complexity index is 677. The molecule has 0 aliphatic carbocycles. The highest BCUT2D eigenvalue weighted by molar-refractivity contribution is 6.42. The Hall–Kier alpha value is -1.98. The van der Waals surface area contributed by atoms with Gasteiger partial charge in [0.25, 0.3) is 5.69 Å². The van der Waals surface area contributed by atoms with E-state index in [1.165, 1.54) is 6.07 Å². The normalized spacial score (nSPS) is 10.2. The molecule has 21 heavy (non-hydrogen) atoms. The largest absolute Gasteiger partial charge is 0.487 e. The molecule has 0 atom stereocenters. The van der Waals surface area contributed by atoms with Gasteiger partial charge in [0.2, 0.25) is 0 Å². The fraction of sp³-hybridized carbons (Fsp3) is 0.143. The molecule has 0 radical (unpaired) electrons. The summed E-state index contributed by atoms with van der Waals surface area (Å²) in [7, 11) is 1.63. The van der Waals surface area contributed by atoms with Gasteiger partial charge in [-0.2, -0.15) is 0 Å². The van der Waals surface area contributed by atoms with Crippen LogP contribution in [-0.2, 0) is 6.61 Å². The van der Waals surface area contributed by atoms with Crippen molar-refractivity contribution in [2.75, 3.05) is 12.4 Å². The molecule has 0 unspecified atom stereocenters. The topological polar surface area (TPSA) is 64.4 Å². The van der Waals surface area contributed by atoms with E-state index in [0.717, 1.165) is 0 Å². The van der Waals surface area contributed by atoms with E-state index in [-0.39, 0.29) is 12.3 Å². The maximum atomic E-state index is 11.0. The molecule has 0 saturated heterocycles. The zero-order valence-corrected chi connectivity index (χ0v) is 12.6. The van der Waals surface area contributed by atoms with Gasteiger partial charge in [-0.3, -0.25) is 10.1 Å². The Kier molecular flexibility index (Phi) is 4.88. The van der Waals surface area contributed by atoms with Crippen molar-refractivity contribution < 1.29 is 9.66 Å². The van der Waals surface area contributed by atoms with Gasteiger partial charge in [0.1, 0.15) is 23.1 Å². The zero-order chi connectivity index (χ0) is 15.4. The third-order valence-electron chi connectivity index (χ3n) is 2.84. The first-order valence-corrected chi connectivity index (χ1v) is 6.80. The number of nitrogens with one attached hydrogen (secondary N) is 1. The maximum absolute atomic E-state index is 11.0. The Labute approximate surface area is 131 Å². The van der Waals surface area contributed by atoms with Gasteiger partial charge in [0.15, 0.2) is 0 Å². The average Bonchev–Trinajstić information content (AvgIpc) is 2.48. The Morgan fingerprint density at radius 1 is 1.29 bits per heavy atom. The van der Waals surface area contributed by atoms with Crippen LogP contribution in [0.3, 0.4) is 0 Å². The molecular weight excluding hydrogens is 315 g/mol. The van der Waals surface area contributed by atoms with Gasteiger partial charge >= 0.3 is 0 Å². The van der Waals surface area contributed by atoms with Crippen LogP contribution < -0.4 is 10.1 Å². The first-order valence-electron chi connectivity index (χ1n) is 6.05. The van der Waals surface area contributed by atoms with E-state index < -0.39 is 4.92 Å². The van der Waals surface area contributed by atoms with E-state index in [1.807, 2.05) is 0 Å². The highest BCUT2D eigenvalue weighted by Crippen LogP contribution is 2.32. The molecule has 2 rings (SSSR count). The number of nitro benzene ring substituents is 1. The third-order valence-corrected chi connectivity index (χ3v) is 3.64. The minimum atomic E-state index is -0.443. The number of hydrogen-bond donors (Lipinski definition) is 1. The molecule has 2 aromatic rings. The predicted octanol–water partition coefficient (Wildman–Crippen LogP) is 4.52.